The first-order chi connectivity index (χ1) is 12.8. The molecular weight excluding hydrogens is 366 g/mol. The molecule has 7 heteroatoms. The van der Waals surface area contributed by atoms with E-state index in [4.69, 9.17) is 4.74 Å². The minimum atomic E-state index is -3.58. The standard InChI is InChI=1S/C20H23NO5S/c1-3-9-17(15-10-5-4-6-11-15)21-19(22)14-26-20(23)16-12-7-8-13-18(16)27(2,24)25/h4-8,10-13,17H,3,9,14H2,1-2H3,(H,21,22)/t17-/m1/s1. The molecule has 144 valence electrons. The van der Waals surface area contributed by atoms with Gasteiger partial charge in [0.25, 0.3) is 5.91 Å². The van der Waals surface area contributed by atoms with Crippen molar-refractivity contribution >= 4 is 21.7 Å². The van der Waals surface area contributed by atoms with Crippen LogP contribution in [-0.2, 0) is 19.4 Å². The average molecular weight is 389 g/mol. The van der Waals surface area contributed by atoms with E-state index >= 15 is 0 Å². The number of amides is 1. The zero-order valence-electron chi connectivity index (χ0n) is 15.3. The molecule has 1 N–H and O–H groups in total. The van der Waals surface area contributed by atoms with Crippen LogP contribution < -0.4 is 5.32 Å². The highest BCUT2D eigenvalue weighted by Gasteiger charge is 2.21. The SMILES string of the molecule is CCC[C@@H](NC(=O)COC(=O)c1ccccc1S(C)(=O)=O)c1ccccc1. The third-order valence-corrected chi connectivity index (χ3v) is 5.11. The summed E-state index contributed by atoms with van der Waals surface area (Å²) in [5.41, 5.74) is 0.891. The highest BCUT2D eigenvalue weighted by Crippen LogP contribution is 2.18. The summed E-state index contributed by atoms with van der Waals surface area (Å²) in [4.78, 5) is 24.3. The van der Waals surface area contributed by atoms with Gasteiger partial charge in [0.1, 0.15) is 0 Å². The summed E-state index contributed by atoms with van der Waals surface area (Å²) in [5.74, 6) is -1.29. The number of benzene rings is 2. The molecule has 2 aromatic carbocycles. The Kier molecular flexibility index (Phi) is 7.12. The Morgan fingerprint density at radius 1 is 1.04 bits per heavy atom. The van der Waals surface area contributed by atoms with Crippen LogP contribution in [0.5, 0.6) is 0 Å². The molecule has 0 saturated heterocycles. The van der Waals surface area contributed by atoms with Crippen molar-refractivity contribution in [2.45, 2.75) is 30.7 Å². The van der Waals surface area contributed by atoms with E-state index in [1.165, 1.54) is 24.3 Å². The second-order valence-electron chi connectivity index (χ2n) is 6.16. The summed E-state index contributed by atoms with van der Waals surface area (Å²) in [5, 5.41) is 2.85. The number of ether oxygens (including phenoxy) is 1. The lowest BCUT2D eigenvalue weighted by molar-refractivity contribution is -0.125. The van der Waals surface area contributed by atoms with Gasteiger partial charge in [-0.1, -0.05) is 55.8 Å². The van der Waals surface area contributed by atoms with Gasteiger partial charge < -0.3 is 10.1 Å². The molecule has 0 bridgehead atoms. The van der Waals surface area contributed by atoms with Gasteiger partial charge in [0.05, 0.1) is 16.5 Å². The normalized spacial score (nSPS) is 12.2. The van der Waals surface area contributed by atoms with Crippen LogP contribution >= 0.6 is 0 Å². The Morgan fingerprint density at radius 2 is 1.67 bits per heavy atom. The maximum atomic E-state index is 12.2. The van der Waals surface area contributed by atoms with Crippen LogP contribution in [0.2, 0.25) is 0 Å². The molecule has 0 aliphatic carbocycles. The van der Waals surface area contributed by atoms with Crippen molar-refractivity contribution in [1.82, 2.24) is 5.32 Å². The maximum Gasteiger partial charge on any atom is 0.339 e. The predicted molar refractivity (Wildman–Crippen MR) is 102 cm³/mol. The number of nitrogens with one attached hydrogen (secondary N) is 1. The number of carbonyl (C=O) groups is 2. The largest absolute Gasteiger partial charge is 0.452 e. The smallest absolute Gasteiger partial charge is 0.339 e. The fourth-order valence-corrected chi connectivity index (χ4v) is 3.58. The van der Waals surface area contributed by atoms with E-state index in [1.807, 2.05) is 37.3 Å². The third kappa shape index (κ3) is 5.92. The Labute approximate surface area is 159 Å². The molecule has 1 atom stereocenters. The Bertz CT molecular complexity index is 894. The van der Waals surface area contributed by atoms with Crippen LogP contribution in [0.25, 0.3) is 0 Å². The van der Waals surface area contributed by atoms with E-state index in [2.05, 4.69) is 5.32 Å². The van der Waals surface area contributed by atoms with Crippen LogP contribution in [0.3, 0.4) is 0 Å². The quantitative estimate of drug-likeness (QED) is 0.701. The number of hydrogen-bond acceptors (Lipinski definition) is 5. The summed E-state index contributed by atoms with van der Waals surface area (Å²) in [7, 11) is -3.58. The highest BCUT2D eigenvalue weighted by atomic mass is 32.2. The van der Waals surface area contributed by atoms with Crippen molar-refractivity contribution in [3.63, 3.8) is 0 Å². The number of esters is 1. The van der Waals surface area contributed by atoms with Crippen molar-refractivity contribution < 1.29 is 22.7 Å². The second-order valence-corrected chi connectivity index (χ2v) is 8.15. The van der Waals surface area contributed by atoms with Gasteiger partial charge in [-0.2, -0.15) is 0 Å². The lowest BCUT2D eigenvalue weighted by Crippen LogP contribution is -2.32. The van der Waals surface area contributed by atoms with Gasteiger partial charge in [-0.05, 0) is 24.1 Å². The summed E-state index contributed by atoms with van der Waals surface area (Å²) in [6, 6.07) is 15.1. The summed E-state index contributed by atoms with van der Waals surface area (Å²) in [6.07, 6.45) is 2.64. The molecular formula is C20H23NO5S. The molecule has 0 fully saturated rings. The molecule has 0 spiro atoms. The first-order valence-electron chi connectivity index (χ1n) is 8.63. The van der Waals surface area contributed by atoms with E-state index in [9.17, 15) is 18.0 Å². The highest BCUT2D eigenvalue weighted by molar-refractivity contribution is 7.90. The van der Waals surface area contributed by atoms with Crippen molar-refractivity contribution in [1.29, 1.82) is 0 Å². The van der Waals surface area contributed by atoms with Crippen LogP contribution in [0, 0.1) is 0 Å². The first-order valence-corrected chi connectivity index (χ1v) is 10.5. The van der Waals surface area contributed by atoms with E-state index in [0.29, 0.717) is 0 Å². The number of carbonyl (C=O) groups excluding carboxylic acids is 2. The molecule has 1 amide bonds. The number of hydrogen-bond donors (Lipinski definition) is 1. The summed E-state index contributed by atoms with van der Waals surface area (Å²) in [6.45, 7) is 1.54. The Balaban J connectivity index is 2.02. The molecule has 0 heterocycles. The van der Waals surface area contributed by atoms with Crippen LogP contribution in [0.15, 0.2) is 59.5 Å². The molecule has 0 radical (unpaired) electrons. The minimum absolute atomic E-state index is 0.0824. The van der Waals surface area contributed by atoms with Crippen LogP contribution in [0.1, 0.15) is 41.7 Å². The monoisotopic (exact) mass is 389 g/mol. The van der Waals surface area contributed by atoms with Gasteiger partial charge in [-0.3, -0.25) is 4.79 Å². The zero-order chi connectivity index (χ0) is 19.9. The molecule has 0 aliphatic heterocycles. The van der Waals surface area contributed by atoms with Gasteiger partial charge in [-0.25, -0.2) is 13.2 Å². The van der Waals surface area contributed by atoms with Crippen molar-refractivity contribution in [2.75, 3.05) is 12.9 Å². The van der Waals surface area contributed by atoms with Crippen molar-refractivity contribution in [3.05, 3.63) is 65.7 Å². The third-order valence-electron chi connectivity index (χ3n) is 3.96. The van der Waals surface area contributed by atoms with E-state index in [-0.39, 0.29) is 16.5 Å². The predicted octanol–water partition coefficient (Wildman–Crippen LogP) is 2.90. The molecule has 0 saturated carbocycles. The summed E-state index contributed by atoms with van der Waals surface area (Å²) < 4.78 is 28.6. The Hall–Kier alpha value is -2.67. The first kappa shape index (κ1) is 20.6. The minimum Gasteiger partial charge on any atom is -0.452 e. The lowest BCUT2D eigenvalue weighted by Gasteiger charge is -2.18. The molecule has 6 nitrogen and oxygen atoms in total. The zero-order valence-corrected chi connectivity index (χ0v) is 16.2. The fraction of sp³-hybridized carbons (Fsp3) is 0.300. The van der Waals surface area contributed by atoms with E-state index in [1.54, 1.807) is 0 Å². The number of sulfone groups is 1. The van der Waals surface area contributed by atoms with Crippen LogP contribution in [-0.4, -0.2) is 33.2 Å². The molecule has 0 unspecified atom stereocenters. The van der Waals surface area contributed by atoms with Gasteiger partial charge in [0.15, 0.2) is 16.4 Å². The summed E-state index contributed by atoms with van der Waals surface area (Å²) >= 11 is 0. The van der Waals surface area contributed by atoms with E-state index in [0.717, 1.165) is 24.7 Å². The van der Waals surface area contributed by atoms with Gasteiger partial charge in [0, 0.05) is 6.26 Å². The average Bonchev–Trinajstić information content (AvgIpc) is 2.66. The number of rotatable bonds is 8. The van der Waals surface area contributed by atoms with Crippen LogP contribution in [0.4, 0.5) is 0 Å². The molecule has 2 rings (SSSR count). The lowest BCUT2D eigenvalue weighted by atomic mass is 10.0. The molecule has 0 aliphatic rings. The van der Waals surface area contributed by atoms with Gasteiger partial charge in [0.2, 0.25) is 0 Å². The molecule has 27 heavy (non-hydrogen) atoms. The maximum absolute atomic E-state index is 12.2. The van der Waals surface area contributed by atoms with Crippen molar-refractivity contribution in [2.24, 2.45) is 0 Å². The van der Waals surface area contributed by atoms with Gasteiger partial charge >= 0.3 is 5.97 Å². The topological polar surface area (TPSA) is 89.5 Å². The molecule has 2 aromatic rings. The second kappa shape index (κ2) is 9.32. The van der Waals surface area contributed by atoms with Crippen molar-refractivity contribution in [3.8, 4) is 0 Å². The van der Waals surface area contributed by atoms with Gasteiger partial charge in [-0.15, -0.1) is 0 Å². The molecule has 0 aromatic heterocycles. The van der Waals surface area contributed by atoms with E-state index < -0.39 is 28.3 Å². The Morgan fingerprint density at radius 3 is 2.30 bits per heavy atom. The fourth-order valence-electron chi connectivity index (χ4n) is 2.70.